The van der Waals surface area contributed by atoms with Crippen molar-refractivity contribution in [1.82, 2.24) is 9.80 Å². The van der Waals surface area contributed by atoms with Gasteiger partial charge < -0.3 is 15.0 Å². The van der Waals surface area contributed by atoms with Crippen LogP contribution in [0.5, 0.6) is 5.75 Å². The van der Waals surface area contributed by atoms with Crippen LogP contribution in [0.15, 0.2) is 36.0 Å². The standard InChI is InChI=1S/C22H33N3O3/c1-4-15-25(19-9-7-6-8-10-19)22(27)17-24(5-2)16-21(26)23-18-11-13-20(28-3)14-12-18/h9,11-14H,4-8,10,15-17H2,1-3H3,(H,23,26). The van der Waals surface area contributed by atoms with Crippen molar-refractivity contribution in [2.24, 2.45) is 0 Å². The van der Waals surface area contributed by atoms with E-state index in [2.05, 4.69) is 18.3 Å². The maximum Gasteiger partial charge on any atom is 0.240 e. The molecule has 0 heterocycles. The fourth-order valence-corrected chi connectivity index (χ4v) is 3.35. The Balaban J connectivity index is 1.92. The zero-order valence-corrected chi connectivity index (χ0v) is 17.4. The van der Waals surface area contributed by atoms with E-state index >= 15 is 0 Å². The van der Waals surface area contributed by atoms with Gasteiger partial charge in [-0.2, -0.15) is 0 Å². The fourth-order valence-electron chi connectivity index (χ4n) is 3.35. The summed E-state index contributed by atoms with van der Waals surface area (Å²) in [5.74, 6) is 0.694. The van der Waals surface area contributed by atoms with Crippen LogP contribution < -0.4 is 10.1 Å². The summed E-state index contributed by atoms with van der Waals surface area (Å²) in [5.41, 5.74) is 1.87. The minimum absolute atomic E-state index is 0.0779. The maximum atomic E-state index is 12.9. The summed E-state index contributed by atoms with van der Waals surface area (Å²) < 4.78 is 5.12. The number of likely N-dealkylation sites (N-methyl/N-ethyl adjacent to an activating group) is 1. The van der Waals surface area contributed by atoms with E-state index in [1.165, 1.54) is 6.42 Å². The van der Waals surface area contributed by atoms with Gasteiger partial charge in [0.2, 0.25) is 11.8 Å². The number of carbonyl (C=O) groups is 2. The van der Waals surface area contributed by atoms with E-state index in [-0.39, 0.29) is 24.9 Å². The highest BCUT2D eigenvalue weighted by Crippen LogP contribution is 2.21. The lowest BCUT2D eigenvalue weighted by atomic mass is 10.0. The third-order valence-electron chi connectivity index (χ3n) is 4.91. The summed E-state index contributed by atoms with van der Waals surface area (Å²) in [5, 5.41) is 2.88. The van der Waals surface area contributed by atoms with E-state index in [4.69, 9.17) is 4.74 Å². The Kier molecular flexibility index (Phi) is 9.01. The molecule has 6 nitrogen and oxygen atoms in total. The zero-order valence-electron chi connectivity index (χ0n) is 17.4. The molecule has 2 amide bonds. The summed E-state index contributed by atoms with van der Waals surface area (Å²) in [6, 6.07) is 7.21. The molecule has 0 spiro atoms. The molecule has 1 aromatic rings. The molecule has 0 aliphatic heterocycles. The first-order valence-electron chi connectivity index (χ1n) is 10.2. The Morgan fingerprint density at radius 1 is 1.11 bits per heavy atom. The predicted octanol–water partition coefficient (Wildman–Crippen LogP) is 3.65. The van der Waals surface area contributed by atoms with Crippen molar-refractivity contribution >= 4 is 17.5 Å². The van der Waals surface area contributed by atoms with Crippen molar-refractivity contribution in [3.05, 3.63) is 36.0 Å². The smallest absolute Gasteiger partial charge is 0.240 e. The van der Waals surface area contributed by atoms with Gasteiger partial charge in [0.05, 0.1) is 20.2 Å². The van der Waals surface area contributed by atoms with Crippen molar-refractivity contribution in [2.45, 2.75) is 46.0 Å². The third-order valence-corrected chi connectivity index (χ3v) is 4.91. The number of benzene rings is 1. The molecule has 0 aromatic heterocycles. The van der Waals surface area contributed by atoms with E-state index in [0.29, 0.717) is 12.2 Å². The summed E-state index contributed by atoms with van der Waals surface area (Å²) in [6.07, 6.45) is 7.47. The predicted molar refractivity (Wildman–Crippen MR) is 112 cm³/mol. The van der Waals surface area contributed by atoms with Crippen molar-refractivity contribution < 1.29 is 14.3 Å². The molecule has 1 aromatic carbocycles. The second-order valence-electron chi connectivity index (χ2n) is 7.07. The van der Waals surface area contributed by atoms with Gasteiger partial charge in [-0.3, -0.25) is 14.5 Å². The number of methoxy groups -OCH3 is 1. The average Bonchev–Trinajstić information content (AvgIpc) is 2.72. The number of anilines is 1. The van der Waals surface area contributed by atoms with Gasteiger partial charge >= 0.3 is 0 Å². The number of amides is 2. The third kappa shape index (κ3) is 6.68. The number of allylic oxidation sites excluding steroid dienone is 2. The molecule has 1 aliphatic carbocycles. The molecule has 0 bridgehead atoms. The normalized spacial score (nSPS) is 13.8. The number of rotatable bonds is 10. The Morgan fingerprint density at radius 2 is 1.86 bits per heavy atom. The fraction of sp³-hybridized carbons (Fsp3) is 0.545. The van der Waals surface area contributed by atoms with Crippen molar-refractivity contribution in [1.29, 1.82) is 0 Å². The van der Waals surface area contributed by atoms with Crippen molar-refractivity contribution in [3.8, 4) is 5.75 Å². The van der Waals surface area contributed by atoms with E-state index < -0.39 is 0 Å². The molecule has 2 rings (SSSR count). The van der Waals surface area contributed by atoms with E-state index in [1.54, 1.807) is 31.4 Å². The Morgan fingerprint density at radius 3 is 2.43 bits per heavy atom. The summed E-state index contributed by atoms with van der Waals surface area (Å²) in [7, 11) is 1.61. The Bertz CT molecular complexity index is 670. The van der Waals surface area contributed by atoms with E-state index in [9.17, 15) is 9.59 Å². The quantitative estimate of drug-likeness (QED) is 0.666. The van der Waals surface area contributed by atoms with Crippen LogP contribution in [-0.4, -0.2) is 54.9 Å². The van der Waals surface area contributed by atoms with Gasteiger partial charge in [-0.25, -0.2) is 0 Å². The molecule has 1 aliphatic rings. The molecule has 0 radical (unpaired) electrons. The minimum atomic E-state index is -0.126. The first-order chi connectivity index (χ1) is 13.6. The highest BCUT2D eigenvalue weighted by Gasteiger charge is 2.21. The van der Waals surface area contributed by atoms with Crippen molar-refractivity contribution in [2.75, 3.05) is 38.6 Å². The SMILES string of the molecule is CCCN(C(=O)CN(CC)CC(=O)Nc1ccc(OC)cc1)C1=CCCCC1. The van der Waals surface area contributed by atoms with Crippen molar-refractivity contribution in [3.63, 3.8) is 0 Å². The topological polar surface area (TPSA) is 61.9 Å². The van der Waals surface area contributed by atoms with Crippen LogP contribution in [0.25, 0.3) is 0 Å². The van der Waals surface area contributed by atoms with Crippen LogP contribution in [0.2, 0.25) is 0 Å². The first kappa shape index (κ1) is 22.0. The van der Waals surface area contributed by atoms with Gasteiger partial charge in [0.25, 0.3) is 0 Å². The molecule has 0 atom stereocenters. The van der Waals surface area contributed by atoms with Crippen LogP contribution in [0.1, 0.15) is 46.0 Å². The van der Waals surface area contributed by atoms with Crippen LogP contribution in [0, 0.1) is 0 Å². The Labute approximate surface area is 168 Å². The number of ether oxygens (including phenoxy) is 1. The monoisotopic (exact) mass is 387 g/mol. The summed E-state index contributed by atoms with van der Waals surface area (Å²) in [6.45, 7) is 5.87. The molecule has 0 saturated heterocycles. The number of carbonyl (C=O) groups excluding carboxylic acids is 2. The van der Waals surface area contributed by atoms with Gasteiger partial charge in [-0.1, -0.05) is 19.9 Å². The highest BCUT2D eigenvalue weighted by atomic mass is 16.5. The largest absolute Gasteiger partial charge is 0.497 e. The number of nitrogens with one attached hydrogen (secondary N) is 1. The second-order valence-corrected chi connectivity index (χ2v) is 7.07. The van der Waals surface area contributed by atoms with Crippen LogP contribution in [-0.2, 0) is 9.59 Å². The van der Waals surface area contributed by atoms with Gasteiger partial charge in [-0.15, -0.1) is 0 Å². The maximum absolute atomic E-state index is 12.9. The lowest BCUT2D eigenvalue weighted by Crippen LogP contribution is -2.43. The zero-order chi connectivity index (χ0) is 20.4. The first-order valence-corrected chi connectivity index (χ1v) is 10.2. The number of hydrogen-bond acceptors (Lipinski definition) is 4. The van der Waals surface area contributed by atoms with Gasteiger partial charge in [0.15, 0.2) is 0 Å². The van der Waals surface area contributed by atoms with Gasteiger partial charge in [0.1, 0.15) is 5.75 Å². The lowest BCUT2D eigenvalue weighted by molar-refractivity contribution is -0.131. The van der Waals surface area contributed by atoms with Gasteiger partial charge in [0, 0.05) is 17.9 Å². The molecule has 154 valence electrons. The van der Waals surface area contributed by atoms with Crippen LogP contribution in [0.3, 0.4) is 0 Å². The van der Waals surface area contributed by atoms with Gasteiger partial charge in [-0.05, 0) is 62.9 Å². The molecule has 0 saturated carbocycles. The van der Waals surface area contributed by atoms with E-state index in [0.717, 1.165) is 43.7 Å². The molecule has 28 heavy (non-hydrogen) atoms. The molecule has 6 heteroatoms. The summed E-state index contributed by atoms with van der Waals surface area (Å²) in [4.78, 5) is 29.1. The molecule has 0 fully saturated rings. The average molecular weight is 388 g/mol. The minimum Gasteiger partial charge on any atom is -0.497 e. The highest BCUT2D eigenvalue weighted by molar-refractivity contribution is 5.92. The van der Waals surface area contributed by atoms with Crippen LogP contribution in [0.4, 0.5) is 5.69 Å². The molecular formula is C22H33N3O3. The van der Waals surface area contributed by atoms with Crippen LogP contribution >= 0.6 is 0 Å². The second kappa shape index (κ2) is 11.5. The summed E-state index contributed by atoms with van der Waals surface area (Å²) >= 11 is 0. The lowest BCUT2D eigenvalue weighted by Gasteiger charge is -2.30. The number of hydrogen-bond donors (Lipinski definition) is 1. The number of nitrogens with zero attached hydrogens (tertiary/aromatic N) is 2. The molecular weight excluding hydrogens is 354 g/mol. The molecule has 0 unspecified atom stereocenters. The Hall–Kier alpha value is -2.34. The van der Waals surface area contributed by atoms with E-state index in [1.807, 2.05) is 16.7 Å². The molecule has 1 N–H and O–H groups in total.